The van der Waals surface area contributed by atoms with Crippen molar-refractivity contribution in [2.24, 2.45) is 0 Å². The Kier molecular flexibility index (Phi) is 5.62. The van der Waals surface area contributed by atoms with Crippen LogP contribution in [0.4, 0.5) is 8.78 Å². The summed E-state index contributed by atoms with van der Waals surface area (Å²) in [4.78, 5) is 33.5. The number of H-pyrrole nitrogens is 1. The average Bonchev–Trinajstić information content (AvgIpc) is 3.16. The van der Waals surface area contributed by atoms with Crippen molar-refractivity contribution in [1.82, 2.24) is 9.97 Å². The van der Waals surface area contributed by atoms with Crippen LogP contribution in [0, 0.1) is 11.6 Å². The molecule has 4 rings (SSSR count). The number of aromatic amines is 1. The van der Waals surface area contributed by atoms with Gasteiger partial charge in [-0.25, -0.2) is 22.2 Å². The lowest BCUT2D eigenvalue weighted by atomic mass is 9.89. The maximum atomic E-state index is 13.7. The smallest absolute Gasteiger partial charge is 0.261 e. The topological polar surface area (TPSA) is 97.0 Å². The average molecular weight is 475 g/mol. The van der Waals surface area contributed by atoms with Gasteiger partial charge >= 0.3 is 0 Å². The largest absolute Gasteiger partial charge is 0.341 e. The maximum Gasteiger partial charge on any atom is 0.261 e. The van der Waals surface area contributed by atoms with Crippen LogP contribution in [0.15, 0.2) is 71.6 Å². The van der Waals surface area contributed by atoms with Crippen molar-refractivity contribution in [1.29, 1.82) is 0 Å². The minimum atomic E-state index is -4.01. The van der Waals surface area contributed by atoms with E-state index in [9.17, 15) is 26.8 Å². The summed E-state index contributed by atoms with van der Waals surface area (Å²) in [5, 5.41) is 0. The molecule has 1 N–H and O–H groups in total. The molecule has 32 heavy (non-hydrogen) atoms. The summed E-state index contributed by atoms with van der Waals surface area (Å²) in [6, 6.07) is 13.7. The molecule has 3 aromatic carbocycles. The zero-order chi connectivity index (χ0) is 23.0. The lowest BCUT2D eigenvalue weighted by molar-refractivity contribution is 0.0855. The van der Waals surface area contributed by atoms with E-state index in [1.165, 1.54) is 12.1 Å². The van der Waals surface area contributed by atoms with Gasteiger partial charge in [-0.1, -0.05) is 24.3 Å². The maximum absolute atomic E-state index is 13.7. The van der Waals surface area contributed by atoms with Gasteiger partial charge in [0.1, 0.15) is 23.4 Å². The first-order valence-corrected chi connectivity index (χ1v) is 11.5. The molecule has 1 aromatic heterocycles. The molecule has 0 saturated heterocycles. The number of fused-ring (bicyclic) bond motifs is 1. The van der Waals surface area contributed by atoms with E-state index in [4.69, 9.17) is 10.7 Å². The minimum absolute atomic E-state index is 0.00949. The Labute approximate surface area is 185 Å². The van der Waals surface area contributed by atoms with E-state index in [0.29, 0.717) is 17.1 Å². The number of carbonyl (C=O) groups excluding carboxylic acids is 2. The lowest BCUT2D eigenvalue weighted by Gasteiger charge is -2.13. The Morgan fingerprint density at radius 2 is 1.47 bits per heavy atom. The van der Waals surface area contributed by atoms with E-state index in [0.717, 1.165) is 24.3 Å². The predicted octanol–water partition coefficient (Wildman–Crippen LogP) is 4.62. The third-order valence-electron chi connectivity index (χ3n) is 4.77. The third-order valence-corrected chi connectivity index (χ3v) is 6.14. The molecule has 10 heteroatoms. The summed E-state index contributed by atoms with van der Waals surface area (Å²) >= 11 is 0. The fourth-order valence-corrected chi connectivity index (χ4v) is 4.06. The fraction of sp³-hybridized carbons (Fsp3) is 0.0455. The Hall–Kier alpha value is -3.43. The van der Waals surface area contributed by atoms with Crippen LogP contribution in [0.5, 0.6) is 0 Å². The first kappa shape index (κ1) is 21.8. The van der Waals surface area contributed by atoms with Crippen LogP contribution in [-0.2, 0) is 9.05 Å². The van der Waals surface area contributed by atoms with E-state index < -0.39 is 38.2 Å². The van der Waals surface area contributed by atoms with E-state index in [1.54, 1.807) is 24.3 Å². The first-order chi connectivity index (χ1) is 15.1. The first-order valence-electron chi connectivity index (χ1n) is 9.17. The number of halogens is 3. The molecule has 6 nitrogen and oxygen atoms in total. The van der Waals surface area contributed by atoms with Crippen LogP contribution in [-0.4, -0.2) is 30.0 Å². The number of nitrogens with zero attached hydrogens (tertiary/aromatic N) is 1. The van der Waals surface area contributed by atoms with Crippen LogP contribution in [0.1, 0.15) is 32.5 Å². The number of imidazole rings is 1. The number of hydrogen-bond donors (Lipinski definition) is 1. The van der Waals surface area contributed by atoms with E-state index in [1.807, 2.05) is 0 Å². The highest BCUT2D eigenvalue weighted by Gasteiger charge is 2.33. The van der Waals surface area contributed by atoms with Crippen molar-refractivity contribution in [3.8, 4) is 0 Å². The van der Waals surface area contributed by atoms with Crippen LogP contribution in [0.25, 0.3) is 11.0 Å². The molecule has 0 fully saturated rings. The number of aromatic nitrogens is 2. The van der Waals surface area contributed by atoms with Gasteiger partial charge in [0, 0.05) is 27.9 Å². The van der Waals surface area contributed by atoms with Crippen molar-refractivity contribution in [2.45, 2.75) is 10.8 Å². The van der Waals surface area contributed by atoms with Gasteiger partial charge in [-0.2, -0.15) is 0 Å². The molecule has 0 radical (unpaired) electrons. The Bertz CT molecular complexity index is 1410. The SMILES string of the molecule is O=C(c1ccc(S(=O)(=O)Cl)cc1)C(C(=O)c1cc(F)cc(F)c1)c1nc2ccccc2[nH]1. The van der Waals surface area contributed by atoms with E-state index in [-0.39, 0.29) is 21.8 Å². The van der Waals surface area contributed by atoms with Gasteiger partial charge in [0.25, 0.3) is 9.05 Å². The summed E-state index contributed by atoms with van der Waals surface area (Å²) in [7, 11) is 1.29. The number of hydrogen-bond acceptors (Lipinski definition) is 5. The Balaban J connectivity index is 1.83. The van der Waals surface area contributed by atoms with Crippen LogP contribution in [0.3, 0.4) is 0 Å². The molecule has 4 aromatic rings. The fourth-order valence-electron chi connectivity index (χ4n) is 3.29. The number of nitrogens with one attached hydrogen (secondary N) is 1. The van der Waals surface area contributed by atoms with E-state index in [2.05, 4.69) is 9.97 Å². The van der Waals surface area contributed by atoms with E-state index >= 15 is 0 Å². The van der Waals surface area contributed by atoms with Gasteiger partial charge in [0.05, 0.1) is 15.9 Å². The number of ketones is 2. The molecule has 0 aliphatic heterocycles. The van der Waals surface area contributed by atoms with Crippen molar-refractivity contribution in [3.05, 3.63) is 95.3 Å². The summed E-state index contributed by atoms with van der Waals surface area (Å²) < 4.78 is 50.4. The molecule has 0 aliphatic rings. The second kappa shape index (κ2) is 8.25. The highest BCUT2D eigenvalue weighted by atomic mass is 35.7. The molecular weight excluding hydrogens is 462 g/mol. The molecule has 0 spiro atoms. The normalized spacial score (nSPS) is 12.6. The zero-order valence-electron chi connectivity index (χ0n) is 16.1. The molecule has 0 aliphatic carbocycles. The Morgan fingerprint density at radius 1 is 0.875 bits per heavy atom. The molecule has 1 unspecified atom stereocenters. The van der Waals surface area contributed by atoms with Gasteiger partial charge in [-0.3, -0.25) is 9.59 Å². The highest BCUT2D eigenvalue weighted by molar-refractivity contribution is 8.13. The van der Waals surface area contributed by atoms with Crippen molar-refractivity contribution in [2.75, 3.05) is 0 Å². The van der Waals surface area contributed by atoms with Gasteiger partial charge in [0.2, 0.25) is 0 Å². The number of benzene rings is 3. The number of carbonyl (C=O) groups is 2. The number of para-hydroxylation sites is 2. The van der Waals surface area contributed by atoms with Crippen molar-refractivity contribution >= 4 is 42.3 Å². The molecule has 0 bridgehead atoms. The van der Waals surface area contributed by atoms with Gasteiger partial charge in [-0.15, -0.1) is 0 Å². The summed E-state index contributed by atoms with van der Waals surface area (Å²) in [5.41, 5.74) is 0.690. The second-order valence-corrected chi connectivity index (χ2v) is 9.49. The Morgan fingerprint density at radius 3 is 2.06 bits per heavy atom. The van der Waals surface area contributed by atoms with Crippen LogP contribution in [0.2, 0.25) is 0 Å². The second-order valence-electron chi connectivity index (χ2n) is 6.92. The van der Waals surface area contributed by atoms with Gasteiger partial charge < -0.3 is 4.98 Å². The van der Waals surface area contributed by atoms with Crippen molar-refractivity contribution < 1.29 is 26.8 Å². The monoisotopic (exact) mass is 474 g/mol. The standard InChI is InChI=1S/C22H13ClF2N2O4S/c23-32(30,31)16-7-5-12(6-8-16)20(28)19(21(29)13-9-14(24)11-15(25)10-13)22-26-17-3-1-2-4-18(17)27-22/h1-11,19H,(H,26,27). The van der Waals surface area contributed by atoms with Crippen molar-refractivity contribution in [3.63, 3.8) is 0 Å². The van der Waals surface area contributed by atoms with Crippen LogP contribution < -0.4 is 0 Å². The van der Waals surface area contributed by atoms with Gasteiger partial charge in [-0.05, 0) is 36.4 Å². The predicted molar refractivity (Wildman–Crippen MR) is 113 cm³/mol. The molecule has 0 saturated carbocycles. The summed E-state index contributed by atoms with van der Waals surface area (Å²) in [6.07, 6.45) is 0. The number of Topliss-reactive ketones (excluding diaryl/α,β-unsaturated/α-hetero) is 2. The molecule has 1 atom stereocenters. The third kappa shape index (κ3) is 4.30. The highest BCUT2D eigenvalue weighted by Crippen LogP contribution is 2.27. The van der Waals surface area contributed by atoms with Crippen LogP contribution >= 0.6 is 10.7 Å². The molecular formula is C22H13ClF2N2O4S. The molecule has 1 heterocycles. The quantitative estimate of drug-likeness (QED) is 0.250. The summed E-state index contributed by atoms with van der Waals surface area (Å²) in [5.74, 6) is -5.12. The summed E-state index contributed by atoms with van der Waals surface area (Å²) in [6.45, 7) is 0. The molecule has 0 amide bonds. The zero-order valence-corrected chi connectivity index (χ0v) is 17.6. The number of rotatable bonds is 6. The van der Waals surface area contributed by atoms with Gasteiger partial charge in [0.15, 0.2) is 11.6 Å². The lowest BCUT2D eigenvalue weighted by Crippen LogP contribution is -2.24. The minimum Gasteiger partial charge on any atom is -0.341 e. The molecule has 162 valence electrons.